The molecular weight excluding hydrogens is 182 g/mol. The molecule has 1 aromatic rings. The van der Waals surface area contributed by atoms with Gasteiger partial charge in [0.05, 0.1) is 5.69 Å². The molecule has 0 saturated heterocycles. The molecule has 0 saturated carbocycles. The Kier molecular flexibility index (Phi) is 3.13. The SMILES string of the molecule is CC(C)(C)CC(C)(C)c1ccc([NH])cc1. The maximum atomic E-state index is 7.48. The van der Waals surface area contributed by atoms with Crippen molar-refractivity contribution in [2.24, 2.45) is 5.41 Å². The average molecular weight is 204 g/mol. The minimum absolute atomic E-state index is 0.186. The van der Waals surface area contributed by atoms with Gasteiger partial charge in [-0.1, -0.05) is 46.8 Å². The summed E-state index contributed by atoms with van der Waals surface area (Å²) in [5, 5.41) is 0. The summed E-state index contributed by atoms with van der Waals surface area (Å²) in [6.07, 6.45) is 1.15. The smallest absolute Gasteiger partial charge is 0.0540 e. The summed E-state index contributed by atoms with van der Waals surface area (Å²) in [7, 11) is 0. The third-order valence-corrected chi connectivity index (χ3v) is 2.64. The first-order valence-corrected chi connectivity index (χ1v) is 5.53. The van der Waals surface area contributed by atoms with Gasteiger partial charge in [-0.15, -0.1) is 0 Å². The third-order valence-electron chi connectivity index (χ3n) is 2.64. The van der Waals surface area contributed by atoms with Crippen molar-refractivity contribution in [1.82, 2.24) is 5.73 Å². The molecule has 1 radical (unpaired) electrons. The summed E-state index contributed by atoms with van der Waals surface area (Å²) in [6, 6.07) is 7.90. The minimum Gasteiger partial charge on any atom is -0.301 e. The van der Waals surface area contributed by atoms with E-state index in [4.69, 9.17) is 5.73 Å². The maximum Gasteiger partial charge on any atom is 0.0540 e. The molecule has 1 aromatic carbocycles. The van der Waals surface area contributed by atoms with Crippen molar-refractivity contribution in [2.45, 2.75) is 46.5 Å². The Hall–Kier alpha value is -0.980. The van der Waals surface area contributed by atoms with E-state index in [9.17, 15) is 0 Å². The Bertz CT molecular complexity index is 314. The van der Waals surface area contributed by atoms with Crippen molar-refractivity contribution in [2.75, 3.05) is 0 Å². The van der Waals surface area contributed by atoms with Gasteiger partial charge in [-0.3, -0.25) is 0 Å². The van der Waals surface area contributed by atoms with E-state index >= 15 is 0 Å². The van der Waals surface area contributed by atoms with E-state index < -0.39 is 0 Å². The topological polar surface area (TPSA) is 23.8 Å². The molecule has 1 nitrogen and oxygen atoms in total. The first kappa shape index (κ1) is 12.1. The fourth-order valence-corrected chi connectivity index (χ4v) is 2.35. The van der Waals surface area contributed by atoms with Gasteiger partial charge in [0.15, 0.2) is 0 Å². The molecule has 0 aliphatic rings. The van der Waals surface area contributed by atoms with Crippen LogP contribution in [0.2, 0.25) is 0 Å². The zero-order valence-electron chi connectivity index (χ0n) is 10.5. The maximum absolute atomic E-state index is 7.48. The molecule has 0 unspecified atom stereocenters. The Morgan fingerprint density at radius 1 is 0.933 bits per heavy atom. The molecular formula is C14H22N. The summed E-state index contributed by atoms with van der Waals surface area (Å²) in [5.74, 6) is 0. The molecule has 0 aliphatic heterocycles. The highest BCUT2D eigenvalue weighted by Crippen LogP contribution is 2.36. The van der Waals surface area contributed by atoms with E-state index in [2.05, 4.69) is 46.8 Å². The Morgan fingerprint density at radius 2 is 1.40 bits per heavy atom. The molecule has 0 amide bonds. The molecule has 0 heterocycles. The van der Waals surface area contributed by atoms with Crippen LogP contribution in [0.1, 0.15) is 46.6 Å². The molecule has 1 N–H and O–H groups in total. The van der Waals surface area contributed by atoms with Crippen LogP contribution in [0.25, 0.3) is 0 Å². The lowest BCUT2D eigenvalue weighted by Crippen LogP contribution is -2.24. The fourth-order valence-electron chi connectivity index (χ4n) is 2.35. The number of hydrogen-bond acceptors (Lipinski definition) is 0. The third kappa shape index (κ3) is 3.58. The van der Waals surface area contributed by atoms with E-state index in [1.807, 2.05) is 12.1 Å². The fraction of sp³-hybridized carbons (Fsp3) is 0.571. The highest BCUT2D eigenvalue weighted by atomic mass is 14.5. The van der Waals surface area contributed by atoms with Gasteiger partial charge in [-0.2, -0.15) is 0 Å². The summed E-state index contributed by atoms with van der Waals surface area (Å²) >= 11 is 0. The lowest BCUT2D eigenvalue weighted by molar-refractivity contribution is 0.284. The van der Waals surface area contributed by atoms with Crippen molar-refractivity contribution < 1.29 is 0 Å². The number of hydrogen-bond donors (Lipinski definition) is 0. The molecule has 83 valence electrons. The Balaban J connectivity index is 2.90. The zero-order valence-corrected chi connectivity index (χ0v) is 10.5. The molecule has 0 fully saturated rings. The van der Waals surface area contributed by atoms with Crippen LogP contribution < -0.4 is 5.73 Å². The standard InChI is InChI=1S/C14H22N/c1-13(2,3)10-14(4,5)11-6-8-12(15)9-7-11/h6-9,15H,10H2,1-5H3. The van der Waals surface area contributed by atoms with Crippen molar-refractivity contribution in [1.29, 1.82) is 0 Å². The largest absolute Gasteiger partial charge is 0.301 e. The highest BCUT2D eigenvalue weighted by Gasteiger charge is 2.26. The molecule has 0 bridgehead atoms. The molecule has 0 spiro atoms. The summed E-state index contributed by atoms with van der Waals surface area (Å²) < 4.78 is 0. The molecule has 15 heavy (non-hydrogen) atoms. The van der Waals surface area contributed by atoms with Gasteiger partial charge in [0.25, 0.3) is 0 Å². The minimum atomic E-state index is 0.186. The van der Waals surface area contributed by atoms with Gasteiger partial charge in [0.2, 0.25) is 0 Å². The van der Waals surface area contributed by atoms with Crippen molar-refractivity contribution >= 4 is 5.69 Å². The second-order valence-electron chi connectivity index (χ2n) is 6.20. The molecule has 0 aromatic heterocycles. The number of benzene rings is 1. The van der Waals surface area contributed by atoms with Gasteiger partial charge >= 0.3 is 0 Å². The molecule has 0 atom stereocenters. The molecule has 1 rings (SSSR count). The average Bonchev–Trinajstić information content (AvgIpc) is 2.00. The normalized spacial score (nSPS) is 12.9. The van der Waals surface area contributed by atoms with Gasteiger partial charge < -0.3 is 5.73 Å². The van der Waals surface area contributed by atoms with Crippen LogP contribution in [0, 0.1) is 5.41 Å². The Morgan fingerprint density at radius 3 is 1.80 bits per heavy atom. The second kappa shape index (κ2) is 3.88. The van der Waals surface area contributed by atoms with Crippen molar-refractivity contribution in [3.63, 3.8) is 0 Å². The van der Waals surface area contributed by atoms with Crippen LogP contribution >= 0.6 is 0 Å². The first-order chi connectivity index (χ1) is 6.71. The van der Waals surface area contributed by atoms with Gasteiger partial charge in [0, 0.05) is 0 Å². The molecule has 1 heteroatoms. The predicted molar refractivity (Wildman–Crippen MR) is 66.3 cm³/mol. The van der Waals surface area contributed by atoms with E-state index in [1.54, 1.807) is 0 Å². The van der Waals surface area contributed by atoms with Crippen LogP contribution in [-0.2, 0) is 5.41 Å². The molecule has 0 aliphatic carbocycles. The Labute approximate surface area is 93.7 Å². The van der Waals surface area contributed by atoms with Gasteiger partial charge in [-0.05, 0) is 34.9 Å². The van der Waals surface area contributed by atoms with Crippen molar-refractivity contribution in [3.8, 4) is 0 Å². The highest BCUT2D eigenvalue weighted by molar-refractivity contribution is 5.38. The lowest BCUT2D eigenvalue weighted by atomic mass is 9.72. The van der Waals surface area contributed by atoms with E-state index in [1.165, 1.54) is 5.56 Å². The van der Waals surface area contributed by atoms with Gasteiger partial charge in [0.1, 0.15) is 0 Å². The van der Waals surface area contributed by atoms with Crippen LogP contribution in [-0.4, -0.2) is 0 Å². The number of nitrogens with one attached hydrogen (secondary N) is 1. The first-order valence-electron chi connectivity index (χ1n) is 5.53. The van der Waals surface area contributed by atoms with E-state index in [0.717, 1.165) is 6.42 Å². The van der Waals surface area contributed by atoms with E-state index in [-0.39, 0.29) is 5.41 Å². The van der Waals surface area contributed by atoms with Crippen molar-refractivity contribution in [3.05, 3.63) is 29.8 Å². The monoisotopic (exact) mass is 204 g/mol. The predicted octanol–water partition coefficient (Wildman–Crippen LogP) is 4.31. The van der Waals surface area contributed by atoms with Crippen LogP contribution in [0.3, 0.4) is 0 Å². The summed E-state index contributed by atoms with van der Waals surface area (Å²) in [4.78, 5) is 0. The number of rotatable bonds is 2. The lowest BCUT2D eigenvalue weighted by Gasteiger charge is -2.33. The second-order valence-corrected chi connectivity index (χ2v) is 6.20. The van der Waals surface area contributed by atoms with Gasteiger partial charge in [-0.25, -0.2) is 0 Å². The van der Waals surface area contributed by atoms with Crippen LogP contribution in [0.4, 0.5) is 5.69 Å². The van der Waals surface area contributed by atoms with Crippen LogP contribution in [0.15, 0.2) is 24.3 Å². The van der Waals surface area contributed by atoms with Crippen LogP contribution in [0.5, 0.6) is 0 Å². The quantitative estimate of drug-likeness (QED) is 0.685. The summed E-state index contributed by atoms with van der Waals surface area (Å²) in [6.45, 7) is 11.4. The summed E-state index contributed by atoms with van der Waals surface area (Å²) in [5.41, 5.74) is 9.91. The van der Waals surface area contributed by atoms with E-state index in [0.29, 0.717) is 11.1 Å². The zero-order chi connectivity index (χ0) is 11.7.